The number of imide groups is 1. The molecule has 2 aromatic rings. The molecule has 3 rings (SSSR count). The summed E-state index contributed by atoms with van der Waals surface area (Å²) >= 11 is 1.48. The van der Waals surface area contributed by atoms with E-state index in [0.717, 1.165) is 9.78 Å². The SMILES string of the molecule is CC(=O)N(Cc1cccs1)C1CC(=O)N(c2ccc(F)cc2)C1=O. The number of halogens is 1. The number of carbonyl (C=O) groups is 3. The van der Waals surface area contributed by atoms with Crippen LogP contribution in [-0.2, 0) is 20.9 Å². The summed E-state index contributed by atoms with van der Waals surface area (Å²) in [5.74, 6) is -1.57. The van der Waals surface area contributed by atoms with Gasteiger partial charge in [-0.05, 0) is 35.7 Å². The molecule has 0 N–H and O–H groups in total. The Morgan fingerprint density at radius 2 is 2.00 bits per heavy atom. The number of amides is 3. The quantitative estimate of drug-likeness (QED) is 0.800. The number of nitrogens with zero attached hydrogens (tertiary/aromatic N) is 2. The van der Waals surface area contributed by atoms with Gasteiger partial charge in [0.1, 0.15) is 11.9 Å². The molecule has 1 atom stereocenters. The van der Waals surface area contributed by atoms with Gasteiger partial charge in [0.2, 0.25) is 11.8 Å². The van der Waals surface area contributed by atoms with Crippen LogP contribution in [0.2, 0.25) is 0 Å². The van der Waals surface area contributed by atoms with Crippen molar-refractivity contribution in [2.24, 2.45) is 0 Å². The number of hydrogen-bond donors (Lipinski definition) is 0. The van der Waals surface area contributed by atoms with E-state index in [2.05, 4.69) is 0 Å². The van der Waals surface area contributed by atoms with Crippen LogP contribution in [0.15, 0.2) is 41.8 Å². The molecule has 1 unspecified atom stereocenters. The molecule has 0 spiro atoms. The molecule has 1 saturated heterocycles. The first kappa shape index (κ1) is 16.3. The van der Waals surface area contributed by atoms with E-state index in [1.807, 2.05) is 17.5 Å². The summed E-state index contributed by atoms with van der Waals surface area (Å²) in [7, 11) is 0. The Bertz CT molecular complexity index is 774. The van der Waals surface area contributed by atoms with Crippen LogP contribution < -0.4 is 4.90 Å². The molecule has 1 aromatic carbocycles. The van der Waals surface area contributed by atoms with E-state index in [-0.39, 0.29) is 18.9 Å². The van der Waals surface area contributed by atoms with Gasteiger partial charge in [-0.1, -0.05) is 6.07 Å². The summed E-state index contributed by atoms with van der Waals surface area (Å²) in [6.45, 7) is 1.67. The highest BCUT2D eigenvalue weighted by molar-refractivity contribution is 7.09. The molecule has 3 amide bonds. The maximum Gasteiger partial charge on any atom is 0.257 e. The van der Waals surface area contributed by atoms with Gasteiger partial charge in [0.05, 0.1) is 18.7 Å². The van der Waals surface area contributed by atoms with Gasteiger partial charge in [-0.3, -0.25) is 14.4 Å². The van der Waals surface area contributed by atoms with Gasteiger partial charge in [0.15, 0.2) is 0 Å². The molecule has 0 radical (unpaired) electrons. The fourth-order valence-electron chi connectivity index (χ4n) is 2.73. The highest BCUT2D eigenvalue weighted by atomic mass is 32.1. The van der Waals surface area contributed by atoms with E-state index in [1.165, 1.54) is 47.4 Å². The maximum absolute atomic E-state index is 13.1. The molecule has 1 aliphatic rings. The Hall–Kier alpha value is -2.54. The third kappa shape index (κ3) is 3.07. The van der Waals surface area contributed by atoms with Crippen molar-refractivity contribution >= 4 is 34.7 Å². The molecule has 2 heterocycles. The fourth-order valence-corrected chi connectivity index (χ4v) is 3.43. The number of thiophene rings is 1. The Labute approximate surface area is 142 Å². The average Bonchev–Trinajstić information content (AvgIpc) is 3.14. The highest BCUT2D eigenvalue weighted by Gasteiger charge is 2.43. The third-order valence-electron chi connectivity index (χ3n) is 3.89. The summed E-state index contributed by atoms with van der Waals surface area (Å²) in [5, 5.41) is 1.89. The molecule has 1 fully saturated rings. The number of carbonyl (C=O) groups excluding carboxylic acids is 3. The van der Waals surface area contributed by atoms with Gasteiger partial charge in [-0.25, -0.2) is 9.29 Å². The van der Waals surface area contributed by atoms with Crippen LogP contribution in [0.4, 0.5) is 10.1 Å². The van der Waals surface area contributed by atoms with Crippen LogP contribution in [0, 0.1) is 5.82 Å². The molecule has 0 saturated carbocycles. The average molecular weight is 346 g/mol. The molecule has 124 valence electrons. The summed E-state index contributed by atoms with van der Waals surface area (Å²) in [6, 6.07) is 8.05. The van der Waals surface area contributed by atoms with Crippen molar-refractivity contribution in [3.63, 3.8) is 0 Å². The second kappa shape index (κ2) is 6.52. The van der Waals surface area contributed by atoms with Gasteiger partial charge >= 0.3 is 0 Å². The van der Waals surface area contributed by atoms with E-state index < -0.39 is 23.7 Å². The number of rotatable bonds is 4. The maximum atomic E-state index is 13.1. The van der Waals surface area contributed by atoms with Crippen molar-refractivity contribution in [1.82, 2.24) is 4.90 Å². The smallest absolute Gasteiger partial charge is 0.257 e. The first-order chi connectivity index (χ1) is 11.5. The monoisotopic (exact) mass is 346 g/mol. The molecule has 0 aliphatic carbocycles. The van der Waals surface area contributed by atoms with Crippen LogP contribution in [0.25, 0.3) is 0 Å². The molecule has 7 heteroatoms. The predicted octanol–water partition coefficient (Wildman–Crippen LogP) is 2.57. The van der Waals surface area contributed by atoms with E-state index in [4.69, 9.17) is 0 Å². The number of hydrogen-bond acceptors (Lipinski definition) is 4. The minimum Gasteiger partial charge on any atom is -0.325 e. The van der Waals surface area contributed by atoms with Crippen molar-refractivity contribution in [3.05, 3.63) is 52.5 Å². The number of anilines is 1. The zero-order valence-corrected chi connectivity index (χ0v) is 13.8. The lowest BCUT2D eigenvalue weighted by atomic mass is 10.2. The van der Waals surface area contributed by atoms with Gasteiger partial charge in [0, 0.05) is 11.8 Å². The summed E-state index contributed by atoms with van der Waals surface area (Å²) < 4.78 is 13.1. The van der Waals surface area contributed by atoms with E-state index >= 15 is 0 Å². The molecule has 0 bridgehead atoms. The first-order valence-electron chi connectivity index (χ1n) is 7.39. The van der Waals surface area contributed by atoms with Crippen molar-refractivity contribution < 1.29 is 18.8 Å². The molecule has 1 aliphatic heterocycles. The zero-order valence-electron chi connectivity index (χ0n) is 12.9. The molecule has 24 heavy (non-hydrogen) atoms. The van der Waals surface area contributed by atoms with Crippen LogP contribution in [-0.4, -0.2) is 28.7 Å². The lowest BCUT2D eigenvalue weighted by Crippen LogP contribution is -2.44. The predicted molar refractivity (Wildman–Crippen MR) is 87.8 cm³/mol. The molecule has 5 nitrogen and oxygen atoms in total. The lowest BCUT2D eigenvalue weighted by Gasteiger charge is -2.25. The summed E-state index contributed by atoms with van der Waals surface area (Å²) in [5.41, 5.74) is 0.313. The summed E-state index contributed by atoms with van der Waals surface area (Å²) in [6.07, 6.45) is -0.0683. The Morgan fingerprint density at radius 1 is 1.29 bits per heavy atom. The van der Waals surface area contributed by atoms with Crippen LogP contribution >= 0.6 is 11.3 Å². The Balaban J connectivity index is 1.86. The van der Waals surface area contributed by atoms with Gasteiger partial charge in [0.25, 0.3) is 5.91 Å². The van der Waals surface area contributed by atoms with Crippen molar-refractivity contribution in [2.75, 3.05) is 4.90 Å². The highest BCUT2D eigenvalue weighted by Crippen LogP contribution is 2.27. The van der Waals surface area contributed by atoms with Crippen molar-refractivity contribution in [3.8, 4) is 0 Å². The largest absolute Gasteiger partial charge is 0.325 e. The van der Waals surface area contributed by atoms with E-state index in [1.54, 1.807) is 0 Å². The second-order valence-corrected chi connectivity index (χ2v) is 6.52. The van der Waals surface area contributed by atoms with Crippen molar-refractivity contribution in [1.29, 1.82) is 0 Å². The third-order valence-corrected chi connectivity index (χ3v) is 4.76. The number of benzene rings is 1. The molecule has 1 aromatic heterocycles. The second-order valence-electron chi connectivity index (χ2n) is 5.49. The van der Waals surface area contributed by atoms with Crippen LogP contribution in [0.3, 0.4) is 0 Å². The van der Waals surface area contributed by atoms with Crippen LogP contribution in [0.1, 0.15) is 18.2 Å². The van der Waals surface area contributed by atoms with Gasteiger partial charge in [-0.2, -0.15) is 0 Å². The van der Waals surface area contributed by atoms with E-state index in [0.29, 0.717) is 5.69 Å². The normalized spacial score (nSPS) is 17.4. The summed E-state index contributed by atoms with van der Waals surface area (Å²) in [4.78, 5) is 40.3. The Kier molecular flexibility index (Phi) is 4.44. The minimum absolute atomic E-state index is 0.0683. The lowest BCUT2D eigenvalue weighted by molar-refractivity contribution is -0.137. The topological polar surface area (TPSA) is 57.7 Å². The standard InChI is InChI=1S/C17H15FN2O3S/c1-11(21)19(10-14-3-2-8-24-14)15-9-16(22)20(17(15)23)13-6-4-12(18)5-7-13/h2-8,15H,9-10H2,1H3. The Morgan fingerprint density at radius 3 is 2.58 bits per heavy atom. The van der Waals surface area contributed by atoms with Crippen molar-refractivity contribution in [2.45, 2.75) is 25.9 Å². The molecular weight excluding hydrogens is 331 g/mol. The van der Waals surface area contributed by atoms with E-state index in [9.17, 15) is 18.8 Å². The fraction of sp³-hybridized carbons (Fsp3) is 0.235. The zero-order chi connectivity index (χ0) is 17.3. The molecular formula is C17H15FN2O3S. The van der Waals surface area contributed by atoms with Crippen LogP contribution in [0.5, 0.6) is 0 Å². The minimum atomic E-state index is -0.831. The van der Waals surface area contributed by atoms with Gasteiger partial charge < -0.3 is 4.90 Å². The first-order valence-corrected chi connectivity index (χ1v) is 8.27. The van der Waals surface area contributed by atoms with Gasteiger partial charge in [-0.15, -0.1) is 11.3 Å².